The summed E-state index contributed by atoms with van der Waals surface area (Å²) in [5.74, 6) is 2.82. The average Bonchev–Trinajstić information content (AvgIpc) is 2.95. The van der Waals surface area contributed by atoms with Gasteiger partial charge in [-0.05, 0) is 87.0 Å². The predicted molar refractivity (Wildman–Crippen MR) is 127 cm³/mol. The first-order valence-electron chi connectivity index (χ1n) is 11.2. The molecule has 1 saturated heterocycles. The number of ether oxygens (including phenoxy) is 1. The Labute approximate surface area is 193 Å². The number of rotatable bonds is 6. The van der Waals surface area contributed by atoms with E-state index in [0.29, 0.717) is 15.8 Å². The second kappa shape index (κ2) is 8.24. The van der Waals surface area contributed by atoms with Gasteiger partial charge in [-0.15, -0.1) is 0 Å². The zero-order chi connectivity index (χ0) is 21.6. The summed E-state index contributed by atoms with van der Waals surface area (Å²) in [6.07, 6.45) is 9.12. The van der Waals surface area contributed by atoms with Crippen LogP contribution in [0.2, 0.25) is 0 Å². The summed E-state index contributed by atoms with van der Waals surface area (Å²) in [4.78, 5) is 27.9. The van der Waals surface area contributed by atoms with Crippen LogP contribution in [0.1, 0.15) is 51.0 Å². The van der Waals surface area contributed by atoms with E-state index in [1.807, 2.05) is 37.3 Å². The van der Waals surface area contributed by atoms with E-state index >= 15 is 0 Å². The largest absolute Gasteiger partial charge is 0.494 e. The fourth-order valence-corrected chi connectivity index (χ4v) is 7.61. The first-order chi connectivity index (χ1) is 14.9. The first-order valence-corrected chi connectivity index (χ1v) is 12.4. The summed E-state index contributed by atoms with van der Waals surface area (Å²) >= 11 is 6.69. The number of hydrogen-bond donors (Lipinski definition) is 1. The number of thiocarbonyl (C=S) groups is 1. The minimum atomic E-state index is -0.190. The van der Waals surface area contributed by atoms with Gasteiger partial charge in [0.1, 0.15) is 16.6 Å². The molecule has 1 aliphatic heterocycles. The lowest BCUT2D eigenvalue weighted by atomic mass is 9.53. The quantitative estimate of drug-likeness (QED) is 0.509. The summed E-state index contributed by atoms with van der Waals surface area (Å²) in [6.45, 7) is 2.56. The second-order valence-electron chi connectivity index (χ2n) is 9.52. The molecule has 164 valence electrons. The van der Waals surface area contributed by atoms with Crippen molar-refractivity contribution in [2.45, 2.75) is 51.0 Å². The fourth-order valence-electron chi connectivity index (χ4n) is 6.36. The van der Waals surface area contributed by atoms with Gasteiger partial charge < -0.3 is 10.1 Å². The van der Waals surface area contributed by atoms with Gasteiger partial charge in [0.05, 0.1) is 11.5 Å². The van der Waals surface area contributed by atoms with Gasteiger partial charge in [-0.1, -0.05) is 36.1 Å². The van der Waals surface area contributed by atoms with Crippen LogP contribution in [0.3, 0.4) is 0 Å². The summed E-state index contributed by atoms with van der Waals surface area (Å²) in [5, 5.41) is 3.34. The smallest absolute Gasteiger partial charge is 0.266 e. The molecule has 0 atom stereocenters. The van der Waals surface area contributed by atoms with Crippen molar-refractivity contribution in [3.8, 4) is 5.75 Å². The lowest BCUT2D eigenvalue weighted by molar-refractivity contribution is -0.132. The number of nitrogens with zero attached hydrogens (tertiary/aromatic N) is 1. The molecule has 4 bridgehead atoms. The Bertz CT molecular complexity index is 905. The predicted octanol–water partition coefficient (Wildman–Crippen LogP) is 4.37. The molecular formula is C24H28N2O3S2. The van der Waals surface area contributed by atoms with Crippen LogP contribution in [0.5, 0.6) is 5.75 Å². The highest BCUT2D eigenvalue weighted by molar-refractivity contribution is 8.26. The Balaban J connectivity index is 1.23. The minimum absolute atomic E-state index is 0.00698. The van der Waals surface area contributed by atoms with Gasteiger partial charge in [-0.25, -0.2) is 0 Å². The lowest BCUT2D eigenvalue weighted by Crippen LogP contribution is -2.61. The fraction of sp³-hybridized carbons (Fsp3) is 0.542. The van der Waals surface area contributed by atoms with Crippen molar-refractivity contribution in [3.05, 3.63) is 34.7 Å². The van der Waals surface area contributed by atoms with Gasteiger partial charge >= 0.3 is 0 Å². The highest BCUT2D eigenvalue weighted by Crippen LogP contribution is 2.55. The van der Waals surface area contributed by atoms with E-state index in [2.05, 4.69) is 5.32 Å². The van der Waals surface area contributed by atoms with E-state index < -0.39 is 0 Å². The maximum atomic E-state index is 12.9. The number of carbonyl (C=O) groups excluding carboxylic acids is 2. The highest BCUT2D eigenvalue weighted by Gasteiger charge is 2.51. The topological polar surface area (TPSA) is 58.6 Å². The molecule has 1 aromatic rings. The number of hydrogen-bond acceptors (Lipinski definition) is 5. The van der Waals surface area contributed by atoms with Crippen LogP contribution in [0.4, 0.5) is 0 Å². The molecule has 6 rings (SSSR count). The molecule has 1 aromatic carbocycles. The van der Waals surface area contributed by atoms with Gasteiger partial charge in [0.2, 0.25) is 5.91 Å². The summed E-state index contributed by atoms with van der Waals surface area (Å²) in [5.41, 5.74) is 0.853. The van der Waals surface area contributed by atoms with Gasteiger partial charge in [-0.2, -0.15) is 0 Å². The van der Waals surface area contributed by atoms with Gasteiger partial charge in [0.15, 0.2) is 0 Å². The molecule has 0 unspecified atom stereocenters. The van der Waals surface area contributed by atoms with E-state index in [0.717, 1.165) is 48.3 Å². The van der Waals surface area contributed by atoms with E-state index in [-0.39, 0.29) is 23.9 Å². The Morgan fingerprint density at radius 1 is 1.19 bits per heavy atom. The van der Waals surface area contributed by atoms with E-state index in [1.54, 1.807) is 0 Å². The van der Waals surface area contributed by atoms with Crippen molar-refractivity contribution in [2.75, 3.05) is 13.2 Å². The van der Waals surface area contributed by atoms with Crippen molar-refractivity contribution in [1.82, 2.24) is 10.2 Å². The maximum Gasteiger partial charge on any atom is 0.266 e. The van der Waals surface area contributed by atoms with Crippen LogP contribution >= 0.6 is 24.0 Å². The van der Waals surface area contributed by atoms with Gasteiger partial charge in [-0.3, -0.25) is 14.5 Å². The molecule has 4 saturated carbocycles. The molecule has 0 spiro atoms. The second-order valence-corrected chi connectivity index (χ2v) is 11.2. The standard InChI is InChI=1S/C24H28N2O3S2/c1-2-29-19-5-3-15(4-6-19)10-20-22(28)26(23(30)31-20)14-21(27)25-24-11-16-7-17(12-24)9-18(8-16)13-24/h3-6,10,16-18H,2,7-9,11-14H2,1H3,(H,25,27). The summed E-state index contributed by atoms with van der Waals surface area (Å²) < 4.78 is 5.91. The van der Waals surface area contributed by atoms with Crippen LogP contribution in [-0.2, 0) is 9.59 Å². The number of amides is 2. The molecule has 5 aliphatic rings. The Morgan fingerprint density at radius 3 is 2.39 bits per heavy atom. The lowest BCUT2D eigenvalue weighted by Gasteiger charge is -2.57. The highest BCUT2D eigenvalue weighted by atomic mass is 32.2. The first kappa shape index (κ1) is 21.0. The van der Waals surface area contributed by atoms with Crippen molar-refractivity contribution in [3.63, 3.8) is 0 Å². The minimum Gasteiger partial charge on any atom is -0.494 e. The molecule has 31 heavy (non-hydrogen) atoms. The molecule has 0 aromatic heterocycles. The van der Waals surface area contributed by atoms with E-state index in [1.165, 1.54) is 35.9 Å². The Hall–Kier alpha value is -1.86. The summed E-state index contributed by atoms with van der Waals surface area (Å²) in [7, 11) is 0. The maximum absolute atomic E-state index is 12.9. The van der Waals surface area contributed by atoms with Crippen LogP contribution in [0.25, 0.3) is 6.08 Å². The van der Waals surface area contributed by atoms with Crippen LogP contribution in [0.15, 0.2) is 29.2 Å². The normalized spacial score (nSPS) is 32.7. The van der Waals surface area contributed by atoms with Crippen LogP contribution in [0, 0.1) is 17.8 Å². The number of benzene rings is 1. The molecule has 7 heteroatoms. The average molecular weight is 457 g/mol. The molecule has 1 N–H and O–H groups in total. The summed E-state index contributed by atoms with van der Waals surface area (Å²) in [6, 6.07) is 7.60. The molecule has 4 aliphatic carbocycles. The van der Waals surface area contributed by atoms with Crippen LogP contribution < -0.4 is 10.1 Å². The van der Waals surface area contributed by atoms with Crippen molar-refractivity contribution in [1.29, 1.82) is 0 Å². The Morgan fingerprint density at radius 2 is 1.81 bits per heavy atom. The molecule has 2 amide bonds. The zero-order valence-corrected chi connectivity index (χ0v) is 19.4. The van der Waals surface area contributed by atoms with Crippen LogP contribution in [-0.4, -0.2) is 39.7 Å². The molecule has 1 heterocycles. The zero-order valence-electron chi connectivity index (χ0n) is 17.8. The van der Waals surface area contributed by atoms with Crippen molar-refractivity contribution < 1.29 is 14.3 Å². The van der Waals surface area contributed by atoms with E-state index in [9.17, 15) is 9.59 Å². The third kappa shape index (κ3) is 4.27. The molecule has 0 radical (unpaired) electrons. The number of thioether (sulfide) groups is 1. The molecule has 5 fully saturated rings. The Kier molecular flexibility index (Phi) is 5.59. The molecule has 5 nitrogen and oxygen atoms in total. The number of nitrogens with one attached hydrogen (secondary N) is 1. The molecular weight excluding hydrogens is 428 g/mol. The third-order valence-corrected chi connectivity index (χ3v) is 8.48. The number of carbonyl (C=O) groups is 2. The van der Waals surface area contributed by atoms with Gasteiger partial charge in [0.25, 0.3) is 5.91 Å². The third-order valence-electron chi connectivity index (χ3n) is 7.11. The van der Waals surface area contributed by atoms with Crippen molar-refractivity contribution >= 4 is 46.2 Å². The van der Waals surface area contributed by atoms with E-state index in [4.69, 9.17) is 17.0 Å². The van der Waals surface area contributed by atoms with Gasteiger partial charge in [0, 0.05) is 5.54 Å². The monoisotopic (exact) mass is 456 g/mol. The SMILES string of the molecule is CCOc1ccc(C=C2SC(=S)N(CC(=O)NC34CC5CC(CC(C5)C3)C4)C2=O)cc1. The van der Waals surface area contributed by atoms with Crippen molar-refractivity contribution in [2.24, 2.45) is 17.8 Å².